The van der Waals surface area contributed by atoms with Crippen LogP contribution in [0.5, 0.6) is 11.5 Å². The molecule has 33 heavy (non-hydrogen) atoms. The van der Waals surface area contributed by atoms with Crippen molar-refractivity contribution < 1.29 is 10.2 Å². The maximum Gasteiger partial charge on any atom is 0.119 e. The summed E-state index contributed by atoms with van der Waals surface area (Å²) < 4.78 is 0. The van der Waals surface area contributed by atoms with Gasteiger partial charge in [-0.15, -0.1) is 0 Å². The van der Waals surface area contributed by atoms with Gasteiger partial charge in [-0.25, -0.2) is 0 Å². The molecule has 184 valence electrons. The lowest BCUT2D eigenvalue weighted by molar-refractivity contribution is 0.435. The van der Waals surface area contributed by atoms with Gasteiger partial charge in [-0.3, -0.25) is 0 Å². The fraction of sp³-hybridized carbons (Fsp3) is 0.613. The molecule has 0 aliphatic carbocycles. The zero-order chi connectivity index (χ0) is 24.1. The van der Waals surface area contributed by atoms with E-state index in [1.807, 2.05) is 12.1 Å². The van der Waals surface area contributed by atoms with Crippen molar-refractivity contribution in [2.75, 3.05) is 0 Å². The monoisotopic (exact) mass is 452 g/mol. The van der Waals surface area contributed by atoms with Crippen molar-refractivity contribution in [2.24, 2.45) is 0 Å². The second-order valence-electron chi connectivity index (χ2n) is 10.4. The highest BCUT2D eigenvalue weighted by Crippen LogP contribution is 2.41. The summed E-state index contributed by atoms with van der Waals surface area (Å²) in [5, 5.41) is 21.4. The molecule has 0 amide bonds. The van der Waals surface area contributed by atoms with Gasteiger partial charge in [0.25, 0.3) is 0 Å². The molecule has 0 fully saturated rings. The van der Waals surface area contributed by atoms with E-state index in [0.29, 0.717) is 11.5 Å². The molecule has 2 aromatic carbocycles. The van der Waals surface area contributed by atoms with E-state index >= 15 is 0 Å². The van der Waals surface area contributed by atoms with Crippen molar-refractivity contribution in [1.29, 1.82) is 0 Å². The zero-order valence-electron chi connectivity index (χ0n) is 21.8. The van der Waals surface area contributed by atoms with E-state index in [0.717, 1.165) is 24.0 Å². The van der Waals surface area contributed by atoms with Crippen molar-refractivity contribution in [2.45, 2.75) is 123 Å². The molecule has 0 aliphatic heterocycles. The lowest BCUT2D eigenvalue weighted by atomic mass is 9.76. The number of rotatable bonds is 16. The van der Waals surface area contributed by atoms with Gasteiger partial charge in [0.1, 0.15) is 11.5 Å². The molecular weight excluding hydrogens is 404 g/mol. The van der Waals surface area contributed by atoms with E-state index < -0.39 is 5.41 Å². The van der Waals surface area contributed by atoms with Crippen molar-refractivity contribution in [3.63, 3.8) is 0 Å². The Bertz CT molecular complexity index is 754. The fourth-order valence-electron chi connectivity index (χ4n) is 4.84. The summed E-state index contributed by atoms with van der Waals surface area (Å²) >= 11 is 0. The summed E-state index contributed by atoms with van der Waals surface area (Å²) in [5.41, 5.74) is 3.88. The Balaban J connectivity index is 2.08. The van der Waals surface area contributed by atoms with Crippen molar-refractivity contribution in [3.05, 3.63) is 58.7 Å². The lowest BCUT2D eigenvalue weighted by Gasteiger charge is -2.29. The highest BCUT2D eigenvalue weighted by molar-refractivity contribution is 5.52. The second kappa shape index (κ2) is 14.3. The smallest absolute Gasteiger partial charge is 0.119 e. The molecule has 2 aromatic rings. The van der Waals surface area contributed by atoms with E-state index in [1.165, 1.54) is 88.2 Å². The van der Waals surface area contributed by atoms with Gasteiger partial charge >= 0.3 is 0 Å². The van der Waals surface area contributed by atoms with Crippen LogP contribution >= 0.6 is 0 Å². The predicted octanol–water partition coefficient (Wildman–Crippen LogP) is 9.23. The van der Waals surface area contributed by atoms with Crippen LogP contribution in [0.15, 0.2) is 36.4 Å². The molecular formula is C31H48O2. The highest BCUT2D eigenvalue weighted by Gasteiger charge is 2.29. The molecule has 0 heterocycles. The molecule has 2 N–H and O–H groups in total. The van der Waals surface area contributed by atoms with Gasteiger partial charge in [-0.05, 0) is 48.9 Å². The molecule has 0 aromatic heterocycles. The van der Waals surface area contributed by atoms with Gasteiger partial charge in [-0.1, -0.05) is 116 Å². The largest absolute Gasteiger partial charge is 0.508 e. The third-order valence-electron chi connectivity index (χ3n) is 7.11. The first-order valence-electron chi connectivity index (χ1n) is 13.5. The minimum absolute atomic E-state index is 0.312. The number of phenols is 2. The Kier molecular flexibility index (Phi) is 11.9. The van der Waals surface area contributed by atoms with E-state index in [9.17, 15) is 10.2 Å². The van der Waals surface area contributed by atoms with Gasteiger partial charge in [0.15, 0.2) is 0 Å². The van der Waals surface area contributed by atoms with Crippen LogP contribution in [0, 0.1) is 0 Å². The summed E-state index contributed by atoms with van der Waals surface area (Å²) in [6, 6.07) is 12.1. The molecule has 2 heteroatoms. The summed E-state index contributed by atoms with van der Waals surface area (Å²) in [5.74, 6) is 0.625. The van der Waals surface area contributed by atoms with Gasteiger partial charge in [0.2, 0.25) is 0 Å². The molecule has 0 spiro atoms. The Labute approximate surface area is 203 Å². The lowest BCUT2D eigenvalue weighted by Crippen LogP contribution is -2.20. The molecule has 0 radical (unpaired) electrons. The standard InChI is InChI=1S/C31H48O2/c1-5-7-9-11-13-15-17-25-19-21-29(32)27(23-25)31(3,4)28-24-26(20-22-30(28)33)18-16-14-12-10-8-6-2/h19-24,32-33H,5-18H2,1-4H3. The molecule has 0 atom stereocenters. The normalized spacial score (nSPS) is 11.8. The minimum atomic E-state index is -0.470. The van der Waals surface area contributed by atoms with Crippen molar-refractivity contribution >= 4 is 0 Å². The Morgan fingerprint density at radius 2 is 0.909 bits per heavy atom. The SMILES string of the molecule is CCCCCCCCc1ccc(O)c(C(C)(C)c2cc(CCCCCCCC)ccc2O)c1. The molecule has 0 unspecified atom stereocenters. The first kappa shape index (κ1) is 27.3. The van der Waals surface area contributed by atoms with Crippen LogP contribution in [0.25, 0.3) is 0 Å². The number of aromatic hydroxyl groups is 2. The van der Waals surface area contributed by atoms with E-state index in [-0.39, 0.29) is 0 Å². The number of unbranched alkanes of at least 4 members (excludes halogenated alkanes) is 10. The van der Waals surface area contributed by atoms with Crippen LogP contribution in [-0.2, 0) is 18.3 Å². The van der Waals surface area contributed by atoms with Gasteiger partial charge < -0.3 is 10.2 Å². The molecule has 0 saturated carbocycles. The van der Waals surface area contributed by atoms with Gasteiger partial charge in [-0.2, -0.15) is 0 Å². The third-order valence-corrected chi connectivity index (χ3v) is 7.11. The number of hydrogen-bond donors (Lipinski definition) is 2. The minimum Gasteiger partial charge on any atom is -0.508 e. The average Bonchev–Trinajstić information content (AvgIpc) is 2.80. The first-order valence-corrected chi connectivity index (χ1v) is 13.5. The highest BCUT2D eigenvalue weighted by atomic mass is 16.3. The number of hydrogen-bond acceptors (Lipinski definition) is 2. The van der Waals surface area contributed by atoms with Crippen LogP contribution in [-0.4, -0.2) is 10.2 Å². The van der Waals surface area contributed by atoms with E-state index in [2.05, 4.69) is 52.0 Å². The van der Waals surface area contributed by atoms with Gasteiger partial charge in [0.05, 0.1) is 0 Å². The quantitative estimate of drug-likeness (QED) is 0.249. The molecule has 0 saturated heterocycles. The summed E-state index contributed by atoms with van der Waals surface area (Å²) in [6.45, 7) is 8.73. The fourth-order valence-corrected chi connectivity index (χ4v) is 4.84. The van der Waals surface area contributed by atoms with E-state index in [1.54, 1.807) is 0 Å². The van der Waals surface area contributed by atoms with Crippen LogP contribution < -0.4 is 0 Å². The van der Waals surface area contributed by atoms with Crippen LogP contribution in [0.4, 0.5) is 0 Å². The molecule has 2 rings (SSSR count). The Hall–Kier alpha value is -1.96. The topological polar surface area (TPSA) is 40.5 Å². The van der Waals surface area contributed by atoms with Gasteiger partial charge in [0, 0.05) is 16.5 Å². The van der Waals surface area contributed by atoms with Crippen molar-refractivity contribution in [1.82, 2.24) is 0 Å². The summed E-state index contributed by atoms with van der Waals surface area (Å²) in [6.07, 6.45) is 17.5. The zero-order valence-corrected chi connectivity index (χ0v) is 21.8. The maximum atomic E-state index is 10.7. The Morgan fingerprint density at radius 1 is 0.545 bits per heavy atom. The van der Waals surface area contributed by atoms with Crippen LogP contribution in [0.2, 0.25) is 0 Å². The van der Waals surface area contributed by atoms with E-state index in [4.69, 9.17) is 0 Å². The maximum absolute atomic E-state index is 10.7. The molecule has 0 aliphatic rings. The third kappa shape index (κ3) is 8.72. The van der Waals surface area contributed by atoms with Crippen LogP contribution in [0.1, 0.15) is 127 Å². The van der Waals surface area contributed by atoms with Crippen LogP contribution in [0.3, 0.4) is 0 Å². The molecule has 0 bridgehead atoms. The summed E-state index contributed by atoms with van der Waals surface area (Å²) in [4.78, 5) is 0. The summed E-state index contributed by atoms with van der Waals surface area (Å²) in [7, 11) is 0. The molecule has 2 nitrogen and oxygen atoms in total. The Morgan fingerprint density at radius 3 is 1.30 bits per heavy atom. The first-order chi connectivity index (χ1) is 15.9. The second-order valence-corrected chi connectivity index (χ2v) is 10.4. The van der Waals surface area contributed by atoms with Crippen molar-refractivity contribution in [3.8, 4) is 11.5 Å². The number of phenolic OH excluding ortho intramolecular Hbond substituents is 2. The predicted molar refractivity (Wildman–Crippen MR) is 143 cm³/mol. The average molecular weight is 453 g/mol. The number of aryl methyl sites for hydroxylation is 2. The number of benzene rings is 2.